The van der Waals surface area contributed by atoms with E-state index < -0.39 is 5.78 Å². The minimum atomic E-state index is -0.565. The predicted molar refractivity (Wildman–Crippen MR) is 93.5 cm³/mol. The number of anilines is 1. The van der Waals surface area contributed by atoms with Gasteiger partial charge in [0, 0.05) is 5.56 Å². The molecule has 0 aliphatic rings. The lowest BCUT2D eigenvalue weighted by atomic mass is 10.1. The maximum absolute atomic E-state index is 12.6. The van der Waals surface area contributed by atoms with Crippen molar-refractivity contribution in [2.24, 2.45) is 5.10 Å². The van der Waals surface area contributed by atoms with Crippen molar-refractivity contribution in [3.05, 3.63) is 48.0 Å². The number of Topliss-reactive ketones (excluding diaryl/α,β-unsaturated/α-hetero) is 1. The second kappa shape index (κ2) is 8.36. The van der Waals surface area contributed by atoms with Crippen LogP contribution in [0.2, 0.25) is 0 Å². The van der Waals surface area contributed by atoms with Gasteiger partial charge < -0.3 is 14.2 Å². The molecular weight excluding hydrogens is 322 g/mol. The maximum Gasteiger partial charge on any atom is 0.224 e. The van der Waals surface area contributed by atoms with Gasteiger partial charge in [-0.1, -0.05) is 18.2 Å². The highest BCUT2D eigenvalue weighted by molar-refractivity contribution is 6.51. The molecule has 7 heteroatoms. The van der Waals surface area contributed by atoms with Crippen molar-refractivity contribution in [1.29, 1.82) is 5.26 Å². The van der Waals surface area contributed by atoms with Crippen LogP contribution in [0.3, 0.4) is 0 Å². The van der Waals surface area contributed by atoms with Crippen LogP contribution in [0.15, 0.2) is 47.6 Å². The van der Waals surface area contributed by atoms with Gasteiger partial charge in [0.05, 0.1) is 27.0 Å². The first kappa shape index (κ1) is 17.8. The molecule has 2 rings (SSSR count). The molecule has 0 saturated carbocycles. The van der Waals surface area contributed by atoms with Gasteiger partial charge in [0.2, 0.25) is 17.2 Å². The number of ether oxygens (including phenoxy) is 3. The van der Waals surface area contributed by atoms with E-state index >= 15 is 0 Å². The number of methoxy groups -OCH3 is 3. The molecule has 1 N–H and O–H groups in total. The Bertz CT molecular complexity index is 801. The number of hydrazone groups is 1. The zero-order valence-corrected chi connectivity index (χ0v) is 14.1. The van der Waals surface area contributed by atoms with Crippen LogP contribution in [-0.4, -0.2) is 32.8 Å². The summed E-state index contributed by atoms with van der Waals surface area (Å²) in [6.07, 6.45) is 0. The minimum Gasteiger partial charge on any atom is -0.493 e. The number of nitrogens with one attached hydrogen (secondary N) is 1. The highest BCUT2D eigenvalue weighted by atomic mass is 16.5. The largest absolute Gasteiger partial charge is 0.493 e. The molecule has 0 amide bonds. The molecule has 128 valence electrons. The van der Waals surface area contributed by atoms with Gasteiger partial charge in [-0.3, -0.25) is 10.2 Å². The van der Waals surface area contributed by atoms with E-state index in [9.17, 15) is 10.1 Å². The van der Waals surface area contributed by atoms with Crippen molar-refractivity contribution in [2.45, 2.75) is 0 Å². The van der Waals surface area contributed by atoms with Gasteiger partial charge >= 0.3 is 0 Å². The monoisotopic (exact) mass is 339 g/mol. The van der Waals surface area contributed by atoms with Gasteiger partial charge in [-0.15, -0.1) is 0 Å². The van der Waals surface area contributed by atoms with E-state index in [0.717, 1.165) is 0 Å². The van der Waals surface area contributed by atoms with Gasteiger partial charge in [-0.05, 0) is 24.3 Å². The summed E-state index contributed by atoms with van der Waals surface area (Å²) in [6, 6.07) is 13.7. The minimum absolute atomic E-state index is 0.199. The Morgan fingerprint density at radius 1 is 1.04 bits per heavy atom. The molecule has 0 aliphatic heterocycles. The van der Waals surface area contributed by atoms with Gasteiger partial charge in [-0.25, -0.2) is 0 Å². The lowest BCUT2D eigenvalue weighted by Gasteiger charge is -2.13. The molecule has 0 aromatic heterocycles. The highest BCUT2D eigenvalue weighted by Crippen LogP contribution is 2.38. The summed E-state index contributed by atoms with van der Waals surface area (Å²) >= 11 is 0. The number of ketones is 1. The highest BCUT2D eigenvalue weighted by Gasteiger charge is 2.20. The first-order valence-electron chi connectivity index (χ1n) is 7.28. The topological polar surface area (TPSA) is 92.9 Å². The summed E-state index contributed by atoms with van der Waals surface area (Å²) in [5.41, 5.74) is 3.25. The lowest BCUT2D eigenvalue weighted by molar-refractivity contribution is 0.106. The molecule has 0 unspecified atom stereocenters. The van der Waals surface area contributed by atoms with E-state index in [-0.39, 0.29) is 11.3 Å². The number of carbonyl (C=O) groups is 1. The van der Waals surface area contributed by atoms with Gasteiger partial charge in [-0.2, -0.15) is 10.4 Å². The fraction of sp³-hybridized carbons (Fsp3) is 0.167. The second-order valence-electron chi connectivity index (χ2n) is 4.79. The Morgan fingerprint density at radius 3 is 2.12 bits per heavy atom. The molecule has 0 heterocycles. The van der Waals surface area contributed by atoms with E-state index in [4.69, 9.17) is 14.2 Å². The van der Waals surface area contributed by atoms with Crippen LogP contribution in [0.1, 0.15) is 10.4 Å². The summed E-state index contributed by atoms with van der Waals surface area (Å²) in [5, 5.41) is 13.1. The van der Waals surface area contributed by atoms with Crippen molar-refractivity contribution in [3.8, 4) is 23.3 Å². The zero-order valence-electron chi connectivity index (χ0n) is 14.1. The number of benzene rings is 2. The van der Waals surface area contributed by atoms with Gasteiger partial charge in [0.25, 0.3) is 0 Å². The standard InChI is InChI=1S/C18H17N3O4/c1-23-15-9-12(10-16(24-2)18(15)25-3)17(22)14(11-19)21-20-13-7-5-4-6-8-13/h4-10,20H,1-3H3/b21-14+. The van der Waals surface area contributed by atoms with Crippen LogP contribution in [-0.2, 0) is 0 Å². The summed E-state index contributed by atoms with van der Waals surface area (Å²) in [6.45, 7) is 0. The van der Waals surface area contributed by atoms with Crippen molar-refractivity contribution >= 4 is 17.2 Å². The average molecular weight is 339 g/mol. The molecule has 0 bridgehead atoms. The Morgan fingerprint density at radius 2 is 1.64 bits per heavy atom. The molecule has 0 atom stereocenters. The zero-order chi connectivity index (χ0) is 18.2. The van der Waals surface area contributed by atoms with Crippen LogP contribution >= 0.6 is 0 Å². The summed E-state index contributed by atoms with van der Waals surface area (Å²) in [4.78, 5) is 12.6. The van der Waals surface area contributed by atoms with Crippen LogP contribution in [0.4, 0.5) is 5.69 Å². The van der Waals surface area contributed by atoms with E-state index in [1.54, 1.807) is 18.2 Å². The van der Waals surface area contributed by atoms with Gasteiger partial charge in [0.15, 0.2) is 11.5 Å². The second-order valence-corrected chi connectivity index (χ2v) is 4.79. The molecule has 0 saturated heterocycles. The molecule has 0 aliphatic carbocycles. The number of rotatable bonds is 7. The Balaban J connectivity index is 2.36. The maximum atomic E-state index is 12.6. The first-order valence-corrected chi connectivity index (χ1v) is 7.28. The molecule has 7 nitrogen and oxygen atoms in total. The van der Waals surface area contributed by atoms with Crippen molar-refractivity contribution in [2.75, 3.05) is 26.8 Å². The number of hydrogen-bond donors (Lipinski definition) is 1. The average Bonchev–Trinajstić information content (AvgIpc) is 2.67. The molecule has 25 heavy (non-hydrogen) atoms. The van der Waals surface area contributed by atoms with Crippen molar-refractivity contribution in [1.82, 2.24) is 0 Å². The van der Waals surface area contributed by atoms with Crippen LogP contribution in [0.25, 0.3) is 0 Å². The third-order valence-corrected chi connectivity index (χ3v) is 3.32. The van der Waals surface area contributed by atoms with E-state index in [1.807, 2.05) is 18.2 Å². The fourth-order valence-corrected chi connectivity index (χ4v) is 2.11. The fourth-order valence-electron chi connectivity index (χ4n) is 2.11. The molecule has 0 spiro atoms. The normalized spacial score (nSPS) is 10.6. The summed E-state index contributed by atoms with van der Waals surface area (Å²) in [5.74, 6) is 0.432. The SMILES string of the molecule is COc1cc(C(=O)/C(C#N)=N/Nc2ccccc2)cc(OC)c1OC. The number of para-hydroxylation sites is 1. The molecule has 2 aromatic rings. The summed E-state index contributed by atoms with van der Waals surface area (Å²) < 4.78 is 15.6. The van der Waals surface area contributed by atoms with Crippen LogP contribution in [0, 0.1) is 11.3 Å². The molecule has 0 fully saturated rings. The lowest BCUT2D eigenvalue weighted by Crippen LogP contribution is -2.15. The number of carbonyl (C=O) groups excluding carboxylic acids is 1. The van der Waals surface area contributed by atoms with E-state index in [1.165, 1.54) is 33.5 Å². The third kappa shape index (κ3) is 4.06. The van der Waals surface area contributed by atoms with Gasteiger partial charge in [0.1, 0.15) is 6.07 Å². The molecular formula is C18H17N3O4. The van der Waals surface area contributed by atoms with E-state index in [0.29, 0.717) is 22.9 Å². The van der Waals surface area contributed by atoms with Crippen molar-refractivity contribution in [3.63, 3.8) is 0 Å². The predicted octanol–water partition coefficient (Wildman–Crippen LogP) is 2.89. The Labute approximate surface area is 145 Å². The smallest absolute Gasteiger partial charge is 0.224 e. The van der Waals surface area contributed by atoms with Crippen LogP contribution < -0.4 is 19.6 Å². The van der Waals surface area contributed by atoms with Crippen LogP contribution in [0.5, 0.6) is 17.2 Å². The quantitative estimate of drug-likeness (QED) is 0.474. The third-order valence-electron chi connectivity index (χ3n) is 3.32. The Kier molecular flexibility index (Phi) is 5.96. The number of nitriles is 1. The van der Waals surface area contributed by atoms with Crippen molar-refractivity contribution < 1.29 is 19.0 Å². The first-order chi connectivity index (χ1) is 12.1. The van der Waals surface area contributed by atoms with E-state index in [2.05, 4.69) is 10.5 Å². The number of hydrogen-bond acceptors (Lipinski definition) is 7. The molecule has 2 aromatic carbocycles. The molecule has 0 radical (unpaired) electrons. The number of nitrogens with zero attached hydrogens (tertiary/aromatic N) is 2. The summed E-state index contributed by atoms with van der Waals surface area (Å²) in [7, 11) is 4.36. The Hall–Kier alpha value is -3.53.